The number of thiazole rings is 1. The van der Waals surface area contributed by atoms with Crippen LogP contribution in [0.15, 0.2) is 29.6 Å². The zero-order valence-corrected chi connectivity index (χ0v) is 11.1. The summed E-state index contributed by atoms with van der Waals surface area (Å²) in [6, 6.07) is 6.44. The van der Waals surface area contributed by atoms with Crippen LogP contribution in [0.4, 0.5) is 14.5 Å². The van der Waals surface area contributed by atoms with Gasteiger partial charge in [0.05, 0.1) is 10.3 Å². The van der Waals surface area contributed by atoms with Gasteiger partial charge in [0.25, 0.3) is 5.91 Å². The van der Waals surface area contributed by atoms with E-state index in [1.807, 2.05) is 0 Å². The highest BCUT2D eigenvalue weighted by Crippen LogP contribution is 2.32. The van der Waals surface area contributed by atoms with Crippen LogP contribution in [-0.2, 0) is 0 Å². The van der Waals surface area contributed by atoms with Gasteiger partial charge in [0.2, 0.25) is 0 Å². The van der Waals surface area contributed by atoms with Gasteiger partial charge in [-0.2, -0.15) is 0 Å². The molecule has 0 aliphatic rings. The Morgan fingerprint density at radius 3 is 2.95 bits per heavy atom. The van der Waals surface area contributed by atoms with Gasteiger partial charge in [-0.3, -0.25) is 4.79 Å². The minimum Gasteiger partial charge on any atom is -0.366 e. The summed E-state index contributed by atoms with van der Waals surface area (Å²) in [4.78, 5) is 15.4. The molecule has 1 amide bonds. The summed E-state index contributed by atoms with van der Waals surface area (Å²) in [6.07, 6.45) is 0. The van der Waals surface area contributed by atoms with Gasteiger partial charge in [0, 0.05) is 0 Å². The summed E-state index contributed by atoms with van der Waals surface area (Å²) in [7, 11) is 0. The van der Waals surface area contributed by atoms with Crippen molar-refractivity contribution < 1.29 is 9.18 Å². The van der Waals surface area contributed by atoms with Crippen LogP contribution < -0.4 is 11.1 Å². The lowest BCUT2D eigenvalue weighted by Gasteiger charge is -2.00. The number of anilines is 2. The molecule has 3 N–H and O–H groups in total. The quantitative estimate of drug-likeness (QED) is 0.778. The maximum absolute atomic E-state index is 13.5. The standard InChI is InChI=1S/C12H8FN3OS2/c13-7-2-1-3-8-9(7)15-12(19-8)16-11-6(10(14)17)4-5-18-11/h1-5H,(H2,14,17)(H,15,16). The molecule has 0 aliphatic carbocycles. The molecule has 2 heterocycles. The molecule has 4 nitrogen and oxygen atoms in total. The van der Waals surface area contributed by atoms with E-state index in [1.165, 1.54) is 28.7 Å². The normalized spacial score (nSPS) is 10.8. The number of para-hydroxylation sites is 1. The Bertz CT molecular complexity index is 765. The van der Waals surface area contributed by atoms with Crippen molar-refractivity contribution in [1.29, 1.82) is 0 Å². The second kappa shape index (κ2) is 4.60. The number of nitrogens with two attached hydrogens (primary N) is 1. The topological polar surface area (TPSA) is 68.0 Å². The third-order valence-electron chi connectivity index (χ3n) is 2.52. The summed E-state index contributed by atoms with van der Waals surface area (Å²) < 4.78 is 14.3. The van der Waals surface area contributed by atoms with Crippen LogP contribution in [0.25, 0.3) is 10.2 Å². The van der Waals surface area contributed by atoms with Crippen molar-refractivity contribution in [1.82, 2.24) is 4.98 Å². The van der Waals surface area contributed by atoms with E-state index in [2.05, 4.69) is 10.3 Å². The molecule has 0 bridgehead atoms. The van der Waals surface area contributed by atoms with Gasteiger partial charge in [0.15, 0.2) is 5.13 Å². The molecule has 1 aromatic carbocycles. The Labute approximate surface area is 115 Å². The van der Waals surface area contributed by atoms with Gasteiger partial charge in [-0.15, -0.1) is 11.3 Å². The zero-order valence-electron chi connectivity index (χ0n) is 9.51. The van der Waals surface area contributed by atoms with Crippen LogP contribution in [-0.4, -0.2) is 10.9 Å². The first-order chi connectivity index (χ1) is 9.15. The van der Waals surface area contributed by atoms with Crippen molar-refractivity contribution in [3.63, 3.8) is 0 Å². The molecule has 0 saturated heterocycles. The molecule has 96 valence electrons. The van der Waals surface area contributed by atoms with Crippen LogP contribution in [0.5, 0.6) is 0 Å². The molecule has 2 aromatic heterocycles. The number of nitrogens with zero attached hydrogens (tertiary/aromatic N) is 1. The molecule has 0 unspecified atom stereocenters. The first-order valence-corrected chi connectivity index (χ1v) is 7.04. The number of hydrogen-bond acceptors (Lipinski definition) is 5. The average Bonchev–Trinajstić information content (AvgIpc) is 2.96. The molecule has 7 heteroatoms. The van der Waals surface area contributed by atoms with Crippen LogP contribution in [0.2, 0.25) is 0 Å². The predicted octanol–water partition coefficient (Wildman–Crippen LogP) is 3.34. The SMILES string of the molecule is NC(=O)c1ccsc1Nc1nc2c(F)cccc2s1. The van der Waals surface area contributed by atoms with Gasteiger partial charge in [0.1, 0.15) is 16.3 Å². The smallest absolute Gasteiger partial charge is 0.251 e. The Hall–Kier alpha value is -1.99. The van der Waals surface area contributed by atoms with Crippen LogP contribution in [0.1, 0.15) is 10.4 Å². The second-order valence-electron chi connectivity index (χ2n) is 3.76. The number of aromatic nitrogens is 1. The van der Waals surface area contributed by atoms with E-state index in [9.17, 15) is 9.18 Å². The maximum Gasteiger partial charge on any atom is 0.251 e. The van der Waals surface area contributed by atoms with E-state index >= 15 is 0 Å². The Kier molecular flexibility index (Phi) is 2.92. The second-order valence-corrected chi connectivity index (χ2v) is 5.71. The first-order valence-electron chi connectivity index (χ1n) is 5.34. The predicted molar refractivity (Wildman–Crippen MR) is 75.7 cm³/mol. The van der Waals surface area contributed by atoms with Crippen LogP contribution in [0, 0.1) is 5.82 Å². The van der Waals surface area contributed by atoms with Crippen LogP contribution in [0.3, 0.4) is 0 Å². The molecule has 0 aliphatic heterocycles. The van der Waals surface area contributed by atoms with Gasteiger partial charge < -0.3 is 11.1 Å². The summed E-state index contributed by atoms with van der Waals surface area (Å²) >= 11 is 2.67. The minimum atomic E-state index is -0.504. The van der Waals surface area contributed by atoms with Gasteiger partial charge in [-0.1, -0.05) is 17.4 Å². The molecule has 19 heavy (non-hydrogen) atoms. The third kappa shape index (κ3) is 2.18. The molecule has 0 radical (unpaired) electrons. The van der Waals surface area contributed by atoms with E-state index in [0.717, 1.165) is 4.70 Å². The summed E-state index contributed by atoms with van der Waals surface area (Å²) in [5.41, 5.74) is 6.00. The lowest BCUT2D eigenvalue weighted by atomic mass is 10.3. The first kappa shape index (κ1) is 12.1. The lowest BCUT2D eigenvalue weighted by molar-refractivity contribution is 0.100. The molecular formula is C12H8FN3OS2. The third-order valence-corrected chi connectivity index (χ3v) is 4.29. The molecular weight excluding hydrogens is 285 g/mol. The number of carbonyl (C=O) groups excluding carboxylic acids is 1. The van der Waals surface area contributed by atoms with E-state index in [0.29, 0.717) is 21.2 Å². The van der Waals surface area contributed by atoms with E-state index in [4.69, 9.17) is 5.73 Å². The fourth-order valence-electron chi connectivity index (χ4n) is 1.67. The van der Waals surface area contributed by atoms with Crippen molar-refractivity contribution in [2.45, 2.75) is 0 Å². The zero-order chi connectivity index (χ0) is 13.4. The number of nitrogens with one attached hydrogen (secondary N) is 1. The number of primary amides is 1. The average molecular weight is 293 g/mol. The largest absolute Gasteiger partial charge is 0.366 e. The lowest BCUT2D eigenvalue weighted by Crippen LogP contribution is -2.11. The maximum atomic E-state index is 13.5. The summed E-state index contributed by atoms with van der Waals surface area (Å²) in [5, 5.41) is 5.92. The number of thiophene rings is 1. The molecule has 3 aromatic rings. The van der Waals surface area contributed by atoms with Gasteiger partial charge in [-0.25, -0.2) is 9.37 Å². The highest BCUT2D eigenvalue weighted by Gasteiger charge is 2.13. The Morgan fingerprint density at radius 1 is 1.37 bits per heavy atom. The van der Waals surface area contributed by atoms with Crippen molar-refractivity contribution in [3.8, 4) is 0 Å². The molecule has 0 atom stereocenters. The van der Waals surface area contributed by atoms with Crippen molar-refractivity contribution in [3.05, 3.63) is 41.0 Å². The van der Waals surface area contributed by atoms with Crippen molar-refractivity contribution >= 4 is 48.9 Å². The van der Waals surface area contributed by atoms with Crippen molar-refractivity contribution in [2.75, 3.05) is 5.32 Å². The monoisotopic (exact) mass is 293 g/mol. The molecule has 0 saturated carbocycles. The van der Waals surface area contributed by atoms with Crippen molar-refractivity contribution in [2.24, 2.45) is 5.73 Å². The Morgan fingerprint density at radius 2 is 2.21 bits per heavy atom. The molecule has 0 fully saturated rings. The van der Waals surface area contributed by atoms with Gasteiger partial charge in [-0.05, 0) is 23.6 Å². The molecule has 3 rings (SSSR count). The number of carbonyl (C=O) groups is 1. The fraction of sp³-hybridized carbons (Fsp3) is 0. The number of hydrogen-bond donors (Lipinski definition) is 2. The number of amides is 1. The van der Waals surface area contributed by atoms with Crippen LogP contribution >= 0.6 is 22.7 Å². The summed E-state index contributed by atoms with van der Waals surface area (Å²) in [6.45, 7) is 0. The van der Waals surface area contributed by atoms with E-state index in [-0.39, 0.29) is 5.82 Å². The number of fused-ring (bicyclic) bond motifs is 1. The molecule has 0 spiro atoms. The fourth-order valence-corrected chi connectivity index (χ4v) is 3.41. The number of benzene rings is 1. The number of halogens is 1. The van der Waals surface area contributed by atoms with E-state index < -0.39 is 5.91 Å². The Balaban J connectivity index is 1.99. The highest BCUT2D eigenvalue weighted by atomic mass is 32.1. The van der Waals surface area contributed by atoms with Gasteiger partial charge >= 0.3 is 0 Å². The minimum absolute atomic E-state index is 0.326. The summed E-state index contributed by atoms with van der Waals surface area (Å²) in [5.74, 6) is -0.862. The highest BCUT2D eigenvalue weighted by molar-refractivity contribution is 7.22. The van der Waals surface area contributed by atoms with E-state index in [1.54, 1.807) is 23.6 Å². The number of rotatable bonds is 3.